The third-order valence-electron chi connectivity index (χ3n) is 2.59. The van der Waals surface area contributed by atoms with Crippen molar-refractivity contribution in [3.8, 4) is 0 Å². The van der Waals surface area contributed by atoms with Crippen molar-refractivity contribution in [2.45, 2.75) is 32.8 Å². The molecule has 1 rings (SSSR count). The lowest BCUT2D eigenvalue weighted by molar-refractivity contribution is 0.116. The molecule has 0 aliphatic carbocycles. The molecule has 0 saturated heterocycles. The highest BCUT2D eigenvalue weighted by Gasteiger charge is 2.15. The van der Waals surface area contributed by atoms with Gasteiger partial charge in [-0.3, -0.25) is 0 Å². The van der Waals surface area contributed by atoms with Crippen molar-refractivity contribution in [3.63, 3.8) is 0 Å². The minimum atomic E-state index is -1.45. The van der Waals surface area contributed by atoms with Crippen molar-refractivity contribution in [3.05, 3.63) is 35.1 Å². The average Bonchev–Trinajstić information content (AvgIpc) is 2.24. The minimum absolute atomic E-state index is 0.0633. The van der Waals surface area contributed by atoms with Gasteiger partial charge in [0.15, 0.2) is 17.5 Å². The van der Waals surface area contributed by atoms with Gasteiger partial charge in [0.05, 0.1) is 6.10 Å². The summed E-state index contributed by atoms with van der Waals surface area (Å²) in [5, 5.41) is 9.51. The topological polar surface area (TPSA) is 20.2 Å². The highest BCUT2D eigenvalue weighted by atomic mass is 19.2. The second kappa shape index (κ2) is 5.34. The Balaban J connectivity index is 2.72. The van der Waals surface area contributed by atoms with Crippen LogP contribution in [0.25, 0.3) is 0 Å². The van der Waals surface area contributed by atoms with E-state index in [1.165, 1.54) is 6.07 Å². The molecule has 0 saturated carbocycles. The Morgan fingerprint density at radius 2 is 1.75 bits per heavy atom. The number of halogens is 3. The maximum absolute atomic E-state index is 13.2. The molecule has 0 spiro atoms. The summed E-state index contributed by atoms with van der Waals surface area (Å²) in [6, 6.07) is 2.11. The molecule has 1 N–H and O–H groups in total. The van der Waals surface area contributed by atoms with E-state index in [9.17, 15) is 18.3 Å². The van der Waals surface area contributed by atoms with E-state index in [-0.39, 0.29) is 17.9 Å². The molecule has 1 aromatic carbocycles. The standard InChI is InChI=1S/C12H15F3O/c1-7(2)10(16)6-4-8-3-5-9(13)12(15)11(8)14/h3,5,7,10,16H,4,6H2,1-2H3. The fourth-order valence-corrected chi connectivity index (χ4v) is 1.40. The second-order valence-corrected chi connectivity index (χ2v) is 4.18. The third kappa shape index (κ3) is 2.98. The number of hydrogen-bond donors (Lipinski definition) is 1. The van der Waals surface area contributed by atoms with Gasteiger partial charge in [-0.05, 0) is 30.4 Å². The van der Waals surface area contributed by atoms with Crippen LogP contribution in [0.3, 0.4) is 0 Å². The molecule has 0 fully saturated rings. The number of rotatable bonds is 4. The molecule has 90 valence electrons. The number of hydrogen-bond acceptors (Lipinski definition) is 1. The Morgan fingerprint density at radius 1 is 1.12 bits per heavy atom. The first kappa shape index (κ1) is 13.0. The molecule has 0 aliphatic heterocycles. The highest BCUT2D eigenvalue weighted by Crippen LogP contribution is 2.18. The minimum Gasteiger partial charge on any atom is -0.393 e. The molecule has 0 radical (unpaired) electrons. The van der Waals surface area contributed by atoms with Crippen LogP contribution in [0.1, 0.15) is 25.8 Å². The summed E-state index contributed by atoms with van der Waals surface area (Å²) in [5.74, 6) is -3.73. The first-order valence-corrected chi connectivity index (χ1v) is 5.24. The Labute approximate surface area is 92.9 Å². The first-order chi connectivity index (χ1) is 7.43. The molecule has 0 heterocycles. The fourth-order valence-electron chi connectivity index (χ4n) is 1.40. The van der Waals surface area contributed by atoms with Crippen molar-refractivity contribution in [2.24, 2.45) is 5.92 Å². The molecule has 1 unspecified atom stereocenters. The van der Waals surface area contributed by atoms with Gasteiger partial charge in [-0.15, -0.1) is 0 Å². The van der Waals surface area contributed by atoms with Crippen LogP contribution in [-0.2, 0) is 6.42 Å². The van der Waals surface area contributed by atoms with Crippen LogP contribution >= 0.6 is 0 Å². The monoisotopic (exact) mass is 232 g/mol. The van der Waals surface area contributed by atoms with Crippen molar-refractivity contribution in [1.29, 1.82) is 0 Å². The van der Waals surface area contributed by atoms with Crippen molar-refractivity contribution in [1.82, 2.24) is 0 Å². The van der Waals surface area contributed by atoms with Gasteiger partial charge in [-0.2, -0.15) is 0 Å². The maximum Gasteiger partial charge on any atom is 0.194 e. The molecule has 1 nitrogen and oxygen atoms in total. The summed E-state index contributed by atoms with van der Waals surface area (Å²) in [6.45, 7) is 3.68. The van der Waals surface area contributed by atoms with Gasteiger partial charge in [0.25, 0.3) is 0 Å². The van der Waals surface area contributed by atoms with Crippen LogP contribution in [0.4, 0.5) is 13.2 Å². The smallest absolute Gasteiger partial charge is 0.194 e. The third-order valence-corrected chi connectivity index (χ3v) is 2.59. The van der Waals surface area contributed by atoms with Crippen molar-refractivity contribution < 1.29 is 18.3 Å². The number of aliphatic hydroxyl groups excluding tert-OH is 1. The van der Waals surface area contributed by atoms with Crippen molar-refractivity contribution >= 4 is 0 Å². The Morgan fingerprint density at radius 3 is 2.31 bits per heavy atom. The van der Waals surface area contributed by atoms with Gasteiger partial charge < -0.3 is 5.11 Å². The second-order valence-electron chi connectivity index (χ2n) is 4.18. The molecule has 0 aliphatic rings. The lowest BCUT2D eigenvalue weighted by atomic mass is 9.99. The quantitative estimate of drug-likeness (QED) is 0.791. The van der Waals surface area contributed by atoms with Crippen LogP contribution in [0.15, 0.2) is 12.1 Å². The largest absolute Gasteiger partial charge is 0.393 e. The number of benzene rings is 1. The average molecular weight is 232 g/mol. The van der Waals surface area contributed by atoms with E-state index < -0.39 is 23.6 Å². The SMILES string of the molecule is CC(C)C(O)CCc1ccc(F)c(F)c1F. The molecule has 0 bridgehead atoms. The van der Waals surface area contributed by atoms with Gasteiger partial charge in [-0.25, -0.2) is 13.2 Å². The summed E-state index contributed by atoms with van der Waals surface area (Å²) in [6.07, 6.45) is -0.0327. The van der Waals surface area contributed by atoms with Gasteiger partial charge >= 0.3 is 0 Å². The highest BCUT2D eigenvalue weighted by molar-refractivity contribution is 5.20. The summed E-state index contributed by atoms with van der Waals surface area (Å²) in [5.41, 5.74) is 0.0959. The molecular formula is C12H15F3O. The van der Waals surface area contributed by atoms with Crippen LogP contribution in [0.5, 0.6) is 0 Å². The number of aryl methyl sites for hydroxylation is 1. The van der Waals surface area contributed by atoms with Gasteiger partial charge in [0.2, 0.25) is 0 Å². The maximum atomic E-state index is 13.2. The van der Waals surface area contributed by atoms with Gasteiger partial charge in [0.1, 0.15) is 0 Å². The van der Waals surface area contributed by atoms with E-state index in [0.29, 0.717) is 6.42 Å². The summed E-state index contributed by atoms with van der Waals surface area (Å²) >= 11 is 0. The summed E-state index contributed by atoms with van der Waals surface area (Å²) < 4.78 is 38.7. The van der Waals surface area contributed by atoms with Gasteiger partial charge in [0, 0.05) is 0 Å². The van der Waals surface area contributed by atoms with E-state index in [0.717, 1.165) is 6.07 Å². The lowest BCUT2D eigenvalue weighted by Gasteiger charge is -2.14. The molecule has 0 amide bonds. The molecule has 1 atom stereocenters. The molecular weight excluding hydrogens is 217 g/mol. The summed E-state index contributed by atoms with van der Waals surface area (Å²) in [4.78, 5) is 0. The molecule has 4 heteroatoms. The molecule has 1 aromatic rings. The normalized spacial score (nSPS) is 13.2. The van der Waals surface area contributed by atoms with E-state index in [4.69, 9.17) is 0 Å². The lowest BCUT2D eigenvalue weighted by Crippen LogP contribution is -2.15. The molecule has 0 aromatic heterocycles. The van der Waals surface area contributed by atoms with Crippen LogP contribution in [0.2, 0.25) is 0 Å². The molecule has 16 heavy (non-hydrogen) atoms. The Hall–Kier alpha value is -1.03. The Kier molecular flexibility index (Phi) is 4.35. The number of aliphatic hydroxyl groups is 1. The van der Waals surface area contributed by atoms with E-state index in [2.05, 4.69) is 0 Å². The van der Waals surface area contributed by atoms with E-state index in [1.807, 2.05) is 13.8 Å². The zero-order chi connectivity index (χ0) is 12.3. The first-order valence-electron chi connectivity index (χ1n) is 5.24. The van der Waals surface area contributed by atoms with E-state index in [1.54, 1.807) is 0 Å². The predicted octanol–water partition coefficient (Wildman–Crippen LogP) is 3.05. The fraction of sp³-hybridized carbons (Fsp3) is 0.500. The van der Waals surface area contributed by atoms with E-state index >= 15 is 0 Å². The zero-order valence-electron chi connectivity index (χ0n) is 9.30. The van der Waals surface area contributed by atoms with Crippen LogP contribution < -0.4 is 0 Å². The van der Waals surface area contributed by atoms with Crippen LogP contribution in [0, 0.1) is 23.4 Å². The predicted molar refractivity (Wildman–Crippen MR) is 55.5 cm³/mol. The Bertz CT molecular complexity index is 364. The van der Waals surface area contributed by atoms with Crippen LogP contribution in [-0.4, -0.2) is 11.2 Å². The van der Waals surface area contributed by atoms with Gasteiger partial charge in [-0.1, -0.05) is 19.9 Å². The summed E-state index contributed by atoms with van der Waals surface area (Å²) in [7, 11) is 0. The zero-order valence-corrected chi connectivity index (χ0v) is 9.30. The van der Waals surface area contributed by atoms with Crippen molar-refractivity contribution in [2.75, 3.05) is 0 Å².